The van der Waals surface area contributed by atoms with E-state index in [1.807, 2.05) is 12.3 Å². The number of rotatable bonds is 3. The van der Waals surface area contributed by atoms with Gasteiger partial charge in [-0.1, -0.05) is 0 Å². The topological polar surface area (TPSA) is 28.6 Å². The summed E-state index contributed by atoms with van der Waals surface area (Å²) in [5.74, 6) is 0.900. The van der Waals surface area contributed by atoms with Crippen molar-refractivity contribution in [3.63, 3.8) is 0 Å². The van der Waals surface area contributed by atoms with Crippen LogP contribution in [0.5, 0.6) is 5.75 Å². The van der Waals surface area contributed by atoms with Gasteiger partial charge in [0.05, 0.1) is 12.8 Å². The van der Waals surface area contributed by atoms with Crippen LogP contribution < -0.4 is 4.74 Å². The molecule has 2 aliphatic rings. The fourth-order valence-corrected chi connectivity index (χ4v) is 3.35. The second kappa shape index (κ2) is 5.01. The van der Waals surface area contributed by atoms with Crippen molar-refractivity contribution in [1.82, 2.24) is 14.8 Å². The summed E-state index contributed by atoms with van der Waals surface area (Å²) in [6.45, 7) is 10.3. The Morgan fingerprint density at radius 2 is 2.00 bits per heavy atom. The molecule has 0 saturated carbocycles. The molecule has 2 aliphatic heterocycles. The molecule has 2 unspecified atom stereocenters. The first-order valence-electron chi connectivity index (χ1n) is 7.47. The van der Waals surface area contributed by atoms with Crippen LogP contribution in [0.1, 0.15) is 32.9 Å². The molecule has 4 nitrogen and oxygen atoms in total. The van der Waals surface area contributed by atoms with E-state index in [2.05, 4.69) is 41.6 Å². The Kier molecular flexibility index (Phi) is 3.46. The van der Waals surface area contributed by atoms with Crippen LogP contribution in [0, 0.1) is 0 Å². The number of likely N-dealkylation sites (tertiary alicyclic amines) is 2. The van der Waals surface area contributed by atoms with Gasteiger partial charge >= 0.3 is 0 Å². The second-order valence-electron chi connectivity index (χ2n) is 6.98. The number of aromatic nitrogens is 1. The zero-order valence-corrected chi connectivity index (χ0v) is 13.0. The van der Waals surface area contributed by atoms with Crippen molar-refractivity contribution in [2.75, 3.05) is 20.2 Å². The van der Waals surface area contributed by atoms with Crippen LogP contribution in [-0.2, 0) is 6.54 Å². The van der Waals surface area contributed by atoms with E-state index in [4.69, 9.17) is 4.74 Å². The number of hydrogen-bond donors (Lipinski definition) is 0. The molecule has 3 heterocycles. The highest BCUT2D eigenvalue weighted by atomic mass is 16.5. The third-order valence-corrected chi connectivity index (χ3v) is 4.66. The van der Waals surface area contributed by atoms with Gasteiger partial charge < -0.3 is 4.74 Å². The van der Waals surface area contributed by atoms with E-state index in [-0.39, 0.29) is 5.54 Å². The van der Waals surface area contributed by atoms with Crippen LogP contribution >= 0.6 is 0 Å². The maximum Gasteiger partial charge on any atom is 0.122 e. The number of ether oxygens (including phenoxy) is 1. The zero-order valence-electron chi connectivity index (χ0n) is 13.0. The molecule has 0 aromatic carbocycles. The van der Waals surface area contributed by atoms with E-state index in [9.17, 15) is 0 Å². The lowest BCUT2D eigenvalue weighted by Gasteiger charge is -2.59. The van der Waals surface area contributed by atoms with Crippen LogP contribution in [0.2, 0.25) is 0 Å². The van der Waals surface area contributed by atoms with Crippen molar-refractivity contribution >= 4 is 0 Å². The smallest absolute Gasteiger partial charge is 0.122 e. The summed E-state index contributed by atoms with van der Waals surface area (Å²) >= 11 is 0. The van der Waals surface area contributed by atoms with E-state index in [1.165, 1.54) is 19.5 Å². The summed E-state index contributed by atoms with van der Waals surface area (Å²) in [6.07, 6.45) is 3.18. The minimum absolute atomic E-state index is 0.289. The molecule has 0 radical (unpaired) electrons. The van der Waals surface area contributed by atoms with Gasteiger partial charge in [0.15, 0.2) is 0 Å². The number of pyridine rings is 1. The predicted octanol–water partition coefficient (Wildman–Crippen LogP) is 2.15. The summed E-state index contributed by atoms with van der Waals surface area (Å²) in [5, 5.41) is 0. The van der Waals surface area contributed by atoms with Gasteiger partial charge in [0.1, 0.15) is 5.75 Å². The van der Waals surface area contributed by atoms with E-state index >= 15 is 0 Å². The van der Waals surface area contributed by atoms with E-state index in [1.54, 1.807) is 7.11 Å². The second-order valence-corrected chi connectivity index (χ2v) is 6.98. The number of nitrogens with zero attached hydrogens (tertiary/aromatic N) is 3. The maximum absolute atomic E-state index is 5.28. The fraction of sp³-hybridized carbons (Fsp3) is 0.688. The quantitative estimate of drug-likeness (QED) is 0.845. The molecular weight excluding hydrogens is 250 g/mol. The Morgan fingerprint density at radius 1 is 1.30 bits per heavy atom. The lowest BCUT2D eigenvalue weighted by Crippen LogP contribution is -2.70. The van der Waals surface area contributed by atoms with Gasteiger partial charge in [-0.2, -0.15) is 0 Å². The molecule has 0 N–H and O–H groups in total. The average Bonchev–Trinajstić information content (AvgIpc) is 2.44. The standard InChI is InChI=1S/C16H25N3O/c1-16(2,3)18-10-13-8-14(11-18)19(13)9-12-7-15(20-4)5-6-17-12/h5-7,13-14H,8-11H2,1-4H3. The summed E-state index contributed by atoms with van der Waals surface area (Å²) in [5.41, 5.74) is 1.40. The molecule has 0 amide bonds. The van der Waals surface area contributed by atoms with Gasteiger partial charge in [-0.25, -0.2) is 0 Å². The normalized spacial score (nSPS) is 27.2. The Balaban J connectivity index is 1.64. The highest BCUT2D eigenvalue weighted by Gasteiger charge is 2.46. The number of fused-ring (bicyclic) bond motifs is 2. The van der Waals surface area contributed by atoms with Gasteiger partial charge in [0, 0.05) is 49.5 Å². The average molecular weight is 275 g/mol. The summed E-state index contributed by atoms with van der Waals surface area (Å²) in [6, 6.07) is 5.35. The molecule has 2 atom stereocenters. The highest BCUT2D eigenvalue weighted by Crippen LogP contribution is 2.36. The molecule has 1 aromatic rings. The van der Waals surface area contributed by atoms with E-state index in [0.717, 1.165) is 18.0 Å². The number of piperidine rings is 1. The molecule has 0 spiro atoms. The monoisotopic (exact) mass is 275 g/mol. The van der Waals surface area contributed by atoms with Gasteiger partial charge in [-0.15, -0.1) is 0 Å². The zero-order chi connectivity index (χ0) is 14.3. The van der Waals surface area contributed by atoms with Crippen LogP contribution in [-0.4, -0.2) is 52.6 Å². The lowest BCUT2D eigenvalue weighted by atomic mass is 9.84. The largest absolute Gasteiger partial charge is 0.497 e. The van der Waals surface area contributed by atoms with E-state index in [0.29, 0.717) is 12.1 Å². The molecule has 2 bridgehead atoms. The highest BCUT2D eigenvalue weighted by molar-refractivity contribution is 5.23. The van der Waals surface area contributed by atoms with Crippen LogP contribution in [0.25, 0.3) is 0 Å². The van der Waals surface area contributed by atoms with Crippen molar-refractivity contribution < 1.29 is 4.74 Å². The third-order valence-electron chi connectivity index (χ3n) is 4.66. The Labute approximate surface area is 121 Å². The maximum atomic E-state index is 5.28. The first kappa shape index (κ1) is 13.8. The fourth-order valence-electron chi connectivity index (χ4n) is 3.35. The number of methoxy groups -OCH3 is 1. The third kappa shape index (κ3) is 2.54. The molecule has 20 heavy (non-hydrogen) atoms. The van der Waals surface area contributed by atoms with E-state index < -0.39 is 0 Å². The first-order chi connectivity index (χ1) is 9.47. The molecule has 2 saturated heterocycles. The van der Waals surface area contributed by atoms with Crippen molar-refractivity contribution in [2.24, 2.45) is 0 Å². The number of piperazine rings is 1. The van der Waals surface area contributed by atoms with Crippen molar-refractivity contribution in [3.05, 3.63) is 24.0 Å². The summed E-state index contributed by atoms with van der Waals surface area (Å²) in [7, 11) is 1.71. The van der Waals surface area contributed by atoms with Gasteiger partial charge in [-0.05, 0) is 33.3 Å². The predicted molar refractivity (Wildman–Crippen MR) is 79.9 cm³/mol. The molecule has 3 rings (SSSR count). The minimum atomic E-state index is 0.289. The molecule has 0 aliphatic carbocycles. The Morgan fingerprint density at radius 3 is 2.60 bits per heavy atom. The van der Waals surface area contributed by atoms with Gasteiger partial charge in [-0.3, -0.25) is 14.8 Å². The van der Waals surface area contributed by atoms with Crippen molar-refractivity contribution in [1.29, 1.82) is 0 Å². The molecule has 1 aromatic heterocycles. The summed E-state index contributed by atoms with van der Waals surface area (Å²) in [4.78, 5) is 9.68. The van der Waals surface area contributed by atoms with Crippen molar-refractivity contribution in [3.8, 4) is 5.75 Å². The van der Waals surface area contributed by atoms with Crippen LogP contribution in [0.15, 0.2) is 18.3 Å². The Hall–Kier alpha value is -1.13. The van der Waals surface area contributed by atoms with Crippen LogP contribution in [0.3, 0.4) is 0 Å². The molecule has 2 fully saturated rings. The molecule has 110 valence electrons. The van der Waals surface area contributed by atoms with Crippen molar-refractivity contribution in [2.45, 2.75) is 51.4 Å². The first-order valence-corrected chi connectivity index (χ1v) is 7.47. The Bertz CT molecular complexity index is 471. The molecule has 4 heteroatoms. The van der Waals surface area contributed by atoms with Crippen LogP contribution in [0.4, 0.5) is 0 Å². The van der Waals surface area contributed by atoms with Gasteiger partial charge in [0.25, 0.3) is 0 Å². The summed E-state index contributed by atoms with van der Waals surface area (Å²) < 4.78 is 5.28. The number of hydrogen-bond acceptors (Lipinski definition) is 4. The molecular formula is C16H25N3O. The minimum Gasteiger partial charge on any atom is -0.497 e. The lowest BCUT2D eigenvalue weighted by molar-refractivity contribution is -0.100. The van der Waals surface area contributed by atoms with Gasteiger partial charge in [0.2, 0.25) is 0 Å². The SMILES string of the molecule is COc1ccnc(CN2C3CC2CN(C(C)(C)C)C3)c1.